The predicted molar refractivity (Wildman–Crippen MR) is 131 cm³/mol. The molecule has 4 heterocycles. The van der Waals surface area contributed by atoms with Crippen molar-refractivity contribution in [3.8, 4) is 0 Å². The number of hydrogen-bond acceptors (Lipinski definition) is 7. The molecule has 1 amide bonds. The second-order valence-electron chi connectivity index (χ2n) is 7.92. The first-order valence-electron chi connectivity index (χ1n) is 10.2. The van der Waals surface area contributed by atoms with E-state index in [9.17, 15) is 13.6 Å². The fraction of sp³-hybridized carbons (Fsp3) is 0.227. The molecule has 35 heavy (non-hydrogen) atoms. The summed E-state index contributed by atoms with van der Waals surface area (Å²) in [5, 5.41) is 2.69. The van der Waals surface area contributed by atoms with Gasteiger partial charge in [-0.05, 0) is 0 Å². The number of carbonyl (C=O) groups is 1. The van der Waals surface area contributed by atoms with Gasteiger partial charge in [-0.2, -0.15) is 0 Å². The molecule has 13 heteroatoms. The van der Waals surface area contributed by atoms with Crippen molar-refractivity contribution in [2.45, 2.75) is 5.54 Å². The van der Waals surface area contributed by atoms with Crippen LogP contribution in [0.15, 0.2) is 53.9 Å². The van der Waals surface area contributed by atoms with E-state index in [1.54, 1.807) is 17.8 Å². The zero-order chi connectivity index (χ0) is 23.9. The standard InChI is InChI=1S/C22H16AsF3N6OS.ClH/c23-20-31-22(11-32(9-12(22)10-34-20)21-28-7-14(25)8-29-21)16-5-15(2-3-17(16)26)30-19(33)18-4-1-13(24)6-27-18;/h1-8,12H,9-11H2,(H,30,33);1H/t12-,22-;/m0./s1. The van der Waals surface area contributed by atoms with Crippen LogP contribution in [-0.4, -0.2) is 60.4 Å². The molecule has 1 N–H and O–H groups in total. The van der Waals surface area contributed by atoms with E-state index < -0.39 is 28.9 Å². The number of carbonyl (C=O) groups excluding carboxylic acids is 1. The molecule has 0 aliphatic carbocycles. The molecule has 0 spiro atoms. The van der Waals surface area contributed by atoms with Gasteiger partial charge >= 0.3 is 202 Å². The molecule has 2 aliphatic rings. The third-order valence-electron chi connectivity index (χ3n) is 5.80. The molecule has 2 radical (unpaired) electrons. The quantitative estimate of drug-likeness (QED) is 0.475. The van der Waals surface area contributed by atoms with Crippen LogP contribution in [0.4, 0.5) is 24.8 Å². The summed E-state index contributed by atoms with van der Waals surface area (Å²) >= 11 is 3.97. The Balaban J connectivity index is 0.00000289. The predicted octanol–water partition coefficient (Wildman–Crippen LogP) is 3.57. The maximum absolute atomic E-state index is 15.3. The summed E-state index contributed by atoms with van der Waals surface area (Å²) in [5.41, 5.74) is -0.220. The van der Waals surface area contributed by atoms with Crippen molar-refractivity contribution in [2.24, 2.45) is 10.9 Å². The van der Waals surface area contributed by atoms with Gasteiger partial charge in [0.25, 0.3) is 0 Å². The molecule has 0 unspecified atom stereocenters. The Kier molecular flexibility index (Phi) is 7.40. The van der Waals surface area contributed by atoms with Crippen molar-refractivity contribution in [1.82, 2.24) is 15.0 Å². The number of nitrogens with one attached hydrogen (secondary N) is 1. The molecule has 1 saturated heterocycles. The first kappa shape index (κ1) is 25.5. The van der Waals surface area contributed by atoms with Gasteiger partial charge in [0.1, 0.15) is 0 Å². The van der Waals surface area contributed by atoms with Crippen molar-refractivity contribution < 1.29 is 18.0 Å². The van der Waals surface area contributed by atoms with E-state index in [4.69, 9.17) is 4.99 Å². The average Bonchev–Trinajstić information content (AvgIpc) is 3.20. The van der Waals surface area contributed by atoms with E-state index in [0.717, 1.165) is 28.5 Å². The second kappa shape index (κ2) is 10.2. The maximum atomic E-state index is 15.3. The number of hydrogen-bond donors (Lipinski definition) is 1. The molecule has 5 rings (SSSR count). The number of fused-ring (bicyclic) bond motifs is 1. The fourth-order valence-corrected chi connectivity index (χ4v) is 6.03. The van der Waals surface area contributed by atoms with Gasteiger partial charge in [0.05, 0.1) is 0 Å². The van der Waals surface area contributed by atoms with Crippen molar-refractivity contribution in [3.05, 3.63) is 77.6 Å². The second-order valence-corrected chi connectivity index (χ2v) is 10.5. The Labute approximate surface area is 218 Å². The van der Waals surface area contributed by atoms with E-state index >= 15 is 4.39 Å². The SMILES string of the molecule is Cl.O=C(Nc1ccc(F)c([C@]23CN(c4ncc(F)cn4)C[C@H]2CSC([As])=N3)c1)c1ccc(F)cn1. The Morgan fingerprint density at radius 1 is 1.09 bits per heavy atom. The monoisotopic (exact) mass is 580 g/mol. The number of aliphatic imine (C=N–C) groups is 1. The van der Waals surface area contributed by atoms with E-state index in [-0.39, 0.29) is 24.0 Å². The Morgan fingerprint density at radius 3 is 2.54 bits per heavy atom. The minimum atomic E-state index is -0.940. The number of thioether (sulfide) groups is 1. The molecule has 7 nitrogen and oxygen atoms in total. The van der Waals surface area contributed by atoms with Gasteiger partial charge in [0.2, 0.25) is 0 Å². The molecule has 0 saturated carbocycles. The topological polar surface area (TPSA) is 83.4 Å². The number of anilines is 2. The van der Waals surface area contributed by atoms with Gasteiger partial charge in [-0.1, -0.05) is 0 Å². The molecule has 1 fully saturated rings. The molecule has 0 bridgehead atoms. The van der Waals surface area contributed by atoms with Crippen LogP contribution in [0.2, 0.25) is 0 Å². The molecule has 180 valence electrons. The summed E-state index contributed by atoms with van der Waals surface area (Å²) in [7, 11) is 0. The molecule has 3 aromatic rings. The fourth-order valence-electron chi connectivity index (χ4n) is 4.22. The molecule has 2 aromatic heterocycles. The summed E-state index contributed by atoms with van der Waals surface area (Å²) in [4.78, 5) is 31.2. The van der Waals surface area contributed by atoms with Gasteiger partial charge in [-0.3, -0.25) is 0 Å². The van der Waals surface area contributed by atoms with Crippen LogP contribution < -0.4 is 10.2 Å². The van der Waals surface area contributed by atoms with E-state index in [1.165, 1.54) is 18.2 Å². The molecular weight excluding hydrogens is 564 g/mol. The van der Waals surface area contributed by atoms with Crippen LogP contribution in [0.3, 0.4) is 0 Å². The van der Waals surface area contributed by atoms with Gasteiger partial charge < -0.3 is 0 Å². The van der Waals surface area contributed by atoms with Crippen molar-refractivity contribution in [3.63, 3.8) is 0 Å². The van der Waals surface area contributed by atoms with Gasteiger partial charge in [0, 0.05) is 0 Å². The number of amides is 1. The first-order valence-corrected chi connectivity index (χ1v) is 12.1. The van der Waals surface area contributed by atoms with E-state index in [1.807, 2.05) is 4.90 Å². The number of nitrogens with zero attached hydrogens (tertiary/aromatic N) is 5. The Hall–Kier alpha value is -2.62. The van der Waals surface area contributed by atoms with Crippen LogP contribution in [-0.2, 0) is 5.54 Å². The number of aromatic nitrogens is 3. The molecule has 2 atom stereocenters. The Bertz CT molecular complexity index is 1280. The van der Waals surface area contributed by atoms with Gasteiger partial charge in [0.15, 0.2) is 0 Å². The van der Waals surface area contributed by atoms with Crippen LogP contribution in [0.1, 0.15) is 16.1 Å². The van der Waals surface area contributed by atoms with Crippen LogP contribution in [0.25, 0.3) is 0 Å². The zero-order valence-electron chi connectivity index (χ0n) is 17.9. The number of rotatable bonds is 4. The van der Waals surface area contributed by atoms with Gasteiger partial charge in [-0.15, -0.1) is 12.4 Å². The first-order chi connectivity index (χ1) is 16.3. The number of pyridine rings is 1. The summed E-state index contributed by atoms with van der Waals surface area (Å²) in [6.07, 6.45) is 3.14. The van der Waals surface area contributed by atoms with Gasteiger partial charge in [-0.25, -0.2) is 4.39 Å². The van der Waals surface area contributed by atoms with Crippen LogP contribution >= 0.6 is 24.2 Å². The molecule has 1 aromatic carbocycles. The zero-order valence-corrected chi connectivity index (χ0v) is 21.4. The van der Waals surface area contributed by atoms with Crippen LogP contribution in [0, 0.1) is 23.4 Å². The molecular formula is C22H17AsClF3N6OS. The summed E-state index contributed by atoms with van der Waals surface area (Å²) in [6.45, 7) is 0.802. The van der Waals surface area contributed by atoms with Crippen LogP contribution in [0.5, 0.6) is 0 Å². The summed E-state index contributed by atoms with van der Waals surface area (Å²) in [6, 6.07) is 6.71. The normalized spacial score (nSPS) is 21.1. The number of benzene rings is 1. The van der Waals surface area contributed by atoms with Crippen molar-refractivity contribution in [2.75, 3.05) is 29.1 Å². The van der Waals surface area contributed by atoms with Crippen molar-refractivity contribution in [1.29, 1.82) is 0 Å². The number of halogens is 4. The minimum absolute atomic E-state index is 0. The van der Waals surface area contributed by atoms with E-state index in [2.05, 4.69) is 37.1 Å². The Morgan fingerprint density at radius 2 is 1.83 bits per heavy atom. The summed E-state index contributed by atoms with van der Waals surface area (Å²) in [5.74, 6) is -1.13. The third-order valence-corrected chi connectivity index (χ3v) is 7.74. The van der Waals surface area contributed by atoms with E-state index in [0.29, 0.717) is 36.0 Å². The summed E-state index contributed by atoms with van der Waals surface area (Å²) < 4.78 is 42.5. The molecule has 2 aliphatic heterocycles. The average molecular weight is 581 g/mol. The van der Waals surface area contributed by atoms with Crippen molar-refractivity contribution >= 4 is 62.4 Å². The third kappa shape index (κ3) is 5.03.